The van der Waals surface area contributed by atoms with E-state index in [1.54, 1.807) is 12.5 Å². The second kappa shape index (κ2) is 14.8. The van der Waals surface area contributed by atoms with Crippen molar-refractivity contribution < 1.29 is 14.4 Å². The second-order valence-corrected chi connectivity index (χ2v) is 9.96. The molecule has 0 saturated heterocycles. The molecule has 12 heteroatoms. The molecular formula is C30H37N9O3. The van der Waals surface area contributed by atoms with Crippen LogP contribution in [0.25, 0.3) is 10.9 Å². The number of nitrogens with one attached hydrogen (secondary N) is 2. The molecule has 2 atom stereocenters. The number of carbonyl (C=O) groups excluding carboxylic acids is 3. The number of imidazole rings is 1. The lowest BCUT2D eigenvalue weighted by Gasteiger charge is -2.24. The van der Waals surface area contributed by atoms with E-state index in [9.17, 15) is 14.4 Å². The molecule has 4 aromatic rings. The van der Waals surface area contributed by atoms with Crippen LogP contribution in [0.1, 0.15) is 17.7 Å². The standard InChI is InChI=1S/C30H37N9O3/c31-10-12-39(13-11-32)28(40)16-25(33)29(41)37-27(15-24-19-38(20-35-24)18-21-6-2-1-3-7-21)30(42)36-23-14-22-8-4-5-9-26(22)34-17-23/h1-9,14,17,19-20,25,27H,10-13,15-16,18,31-33H2,(H,36,42)(H,37,41)/t25-,27-/m0/s1. The van der Waals surface area contributed by atoms with Gasteiger partial charge in [0, 0.05) is 50.7 Å². The molecule has 8 N–H and O–H groups in total. The van der Waals surface area contributed by atoms with Crippen molar-refractivity contribution in [1.82, 2.24) is 24.8 Å². The first-order valence-electron chi connectivity index (χ1n) is 13.8. The molecule has 42 heavy (non-hydrogen) atoms. The van der Waals surface area contributed by atoms with Gasteiger partial charge in [-0.15, -0.1) is 0 Å². The highest BCUT2D eigenvalue weighted by Gasteiger charge is 2.27. The summed E-state index contributed by atoms with van der Waals surface area (Å²) in [5, 5.41) is 6.42. The van der Waals surface area contributed by atoms with Crippen molar-refractivity contribution in [3.05, 3.63) is 90.6 Å². The van der Waals surface area contributed by atoms with Gasteiger partial charge >= 0.3 is 0 Å². The molecule has 0 spiro atoms. The highest BCUT2D eigenvalue weighted by Crippen LogP contribution is 2.17. The molecule has 12 nitrogen and oxygen atoms in total. The van der Waals surface area contributed by atoms with Crippen LogP contribution in [-0.4, -0.2) is 75.4 Å². The third kappa shape index (κ3) is 8.43. The zero-order valence-corrected chi connectivity index (χ0v) is 23.4. The summed E-state index contributed by atoms with van der Waals surface area (Å²) in [4.78, 5) is 49.6. The van der Waals surface area contributed by atoms with Gasteiger partial charge in [0.05, 0.1) is 41.9 Å². The SMILES string of the molecule is NCCN(CCN)C(=O)C[C@H](N)C(=O)N[C@@H](Cc1cn(Cc2ccccc2)cn1)C(=O)Nc1cnc2ccccc2c1. The Labute approximate surface area is 244 Å². The molecule has 2 aromatic heterocycles. The number of aromatic nitrogens is 3. The molecule has 0 fully saturated rings. The van der Waals surface area contributed by atoms with E-state index in [0.29, 0.717) is 31.0 Å². The number of nitrogens with two attached hydrogens (primary N) is 3. The highest BCUT2D eigenvalue weighted by atomic mass is 16.2. The van der Waals surface area contributed by atoms with Crippen LogP contribution in [0.3, 0.4) is 0 Å². The van der Waals surface area contributed by atoms with E-state index >= 15 is 0 Å². The Morgan fingerprint density at radius 2 is 1.64 bits per heavy atom. The van der Waals surface area contributed by atoms with Crippen molar-refractivity contribution in [2.45, 2.75) is 31.5 Å². The zero-order chi connectivity index (χ0) is 29.9. The van der Waals surface area contributed by atoms with Crippen LogP contribution in [0.15, 0.2) is 79.4 Å². The Morgan fingerprint density at radius 3 is 2.38 bits per heavy atom. The van der Waals surface area contributed by atoms with Crippen LogP contribution in [0.4, 0.5) is 5.69 Å². The Balaban J connectivity index is 1.48. The zero-order valence-electron chi connectivity index (χ0n) is 23.4. The molecule has 0 unspecified atom stereocenters. The van der Waals surface area contributed by atoms with Gasteiger partial charge < -0.3 is 37.3 Å². The quantitative estimate of drug-likeness (QED) is 0.146. The second-order valence-electron chi connectivity index (χ2n) is 9.96. The maximum atomic E-state index is 13.5. The number of benzene rings is 2. The average Bonchev–Trinajstić information content (AvgIpc) is 3.43. The summed E-state index contributed by atoms with van der Waals surface area (Å²) in [5.74, 6) is -1.44. The van der Waals surface area contributed by atoms with Crippen LogP contribution < -0.4 is 27.8 Å². The first-order chi connectivity index (χ1) is 20.4. The van der Waals surface area contributed by atoms with Crippen molar-refractivity contribution in [1.29, 1.82) is 0 Å². The Kier molecular flexibility index (Phi) is 10.7. The number of pyridine rings is 1. The van der Waals surface area contributed by atoms with Crippen LogP contribution in [0.5, 0.6) is 0 Å². The van der Waals surface area contributed by atoms with E-state index in [-0.39, 0.29) is 31.8 Å². The van der Waals surface area contributed by atoms with Crippen molar-refractivity contribution in [3.63, 3.8) is 0 Å². The number of nitrogens with zero attached hydrogens (tertiary/aromatic N) is 4. The molecule has 0 aliphatic rings. The van der Waals surface area contributed by atoms with E-state index < -0.39 is 23.9 Å². The van der Waals surface area contributed by atoms with Gasteiger partial charge in [0.2, 0.25) is 17.7 Å². The van der Waals surface area contributed by atoms with Crippen LogP contribution in [0.2, 0.25) is 0 Å². The van der Waals surface area contributed by atoms with E-state index in [2.05, 4.69) is 20.6 Å². The molecule has 3 amide bonds. The summed E-state index contributed by atoms with van der Waals surface area (Å²) in [6, 6.07) is 17.0. The van der Waals surface area contributed by atoms with Gasteiger partial charge in [0.25, 0.3) is 0 Å². The van der Waals surface area contributed by atoms with Gasteiger partial charge in [-0.3, -0.25) is 19.4 Å². The van der Waals surface area contributed by atoms with Crippen LogP contribution in [-0.2, 0) is 27.3 Å². The average molecular weight is 572 g/mol. The van der Waals surface area contributed by atoms with Crippen molar-refractivity contribution >= 4 is 34.3 Å². The fourth-order valence-corrected chi connectivity index (χ4v) is 4.54. The van der Waals surface area contributed by atoms with Gasteiger partial charge in [-0.05, 0) is 17.7 Å². The topological polar surface area (TPSA) is 187 Å². The number of para-hydroxylation sites is 1. The number of hydrogen-bond acceptors (Lipinski definition) is 8. The van der Waals surface area contributed by atoms with Crippen molar-refractivity contribution in [2.24, 2.45) is 17.2 Å². The minimum Gasteiger partial charge on any atom is -0.343 e. The number of amides is 3. The molecule has 0 aliphatic carbocycles. The number of anilines is 1. The molecule has 0 aliphatic heterocycles. The first kappa shape index (κ1) is 30.3. The largest absolute Gasteiger partial charge is 0.343 e. The smallest absolute Gasteiger partial charge is 0.247 e. The fraction of sp³-hybridized carbons (Fsp3) is 0.300. The summed E-state index contributed by atoms with van der Waals surface area (Å²) in [5.41, 5.74) is 20.3. The lowest BCUT2D eigenvalue weighted by Crippen LogP contribution is -2.52. The van der Waals surface area contributed by atoms with E-state index in [1.807, 2.05) is 71.4 Å². The van der Waals surface area contributed by atoms with Gasteiger partial charge in [0.1, 0.15) is 6.04 Å². The van der Waals surface area contributed by atoms with Crippen LogP contribution >= 0.6 is 0 Å². The molecule has 0 bridgehead atoms. The molecule has 4 rings (SSSR count). The number of carbonyl (C=O) groups is 3. The van der Waals surface area contributed by atoms with Crippen LogP contribution in [0, 0.1) is 0 Å². The van der Waals surface area contributed by atoms with Crippen molar-refractivity contribution in [2.75, 3.05) is 31.5 Å². The summed E-state index contributed by atoms with van der Waals surface area (Å²) in [6.07, 6.45) is 4.92. The normalized spacial score (nSPS) is 12.5. The molecule has 2 heterocycles. The predicted octanol–water partition coefficient (Wildman–Crippen LogP) is 0.609. The van der Waals surface area contributed by atoms with Gasteiger partial charge in [-0.2, -0.15) is 0 Å². The minimum absolute atomic E-state index is 0.105. The van der Waals surface area contributed by atoms with E-state index in [1.165, 1.54) is 4.90 Å². The lowest BCUT2D eigenvalue weighted by molar-refractivity contribution is -0.134. The van der Waals surface area contributed by atoms with E-state index in [4.69, 9.17) is 17.2 Å². The number of hydrogen-bond donors (Lipinski definition) is 5. The van der Waals surface area contributed by atoms with Crippen molar-refractivity contribution in [3.8, 4) is 0 Å². The Hall–Kier alpha value is -4.65. The highest BCUT2D eigenvalue weighted by molar-refractivity contribution is 5.99. The summed E-state index contributed by atoms with van der Waals surface area (Å²) < 4.78 is 1.91. The molecule has 0 saturated carbocycles. The minimum atomic E-state index is -1.18. The molecule has 220 valence electrons. The Bertz CT molecular complexity index is 1490. The van der Waals surface area contributed by atoms with Gasteiger partial charge in [0.15, 0.2) is 0 Å². The maximum absolute atomic E-state index is 13.5. The van der Waals surface area contributed by atoms with E-state index in [0.717, 1.165) is 16.5 Å². The van der Waals surface area contributed by atoms with Gasteiger partial charge in [-0.25, -0.2) is 4.98 Å². The molecule has 0 radical (unpaired) electrons. The monoisotopic (exact) mass is 571 g/mol. The lowest BCUT2D eigenvalue weighted by atomic mass is 10.1. The maximum Gasteiger partial charge on any atom is 0.247 e. The number of rotatable bonds is 14. The summed E-state index contributed by atoms with van der Waals surface area (Å²) >= 11 is 0. The summed E-state index contributed by atoms with van der Waals surface area (Å²) in [7, 11) is 0. The molecule has 2 aromatic carbocycles. The fourth-order valence-electron chi connectivity index (χ4n) is 4.54. The van der Waals surface area contributed by atoms with Gasteiger partial charge in [-0.1, -0.05) is 48.5 Å². The number of fused-ring (bicyclic) bond motifs is 1. The first-order valence-corrected chi connectivity index (χ1v) is 13.8. The molecular weight excluding hydrogens is 534 g/mol. The third-order valence-electron chi connectivity index (χ3n) is 6.68. The predicted molar refractivity (Wildman–Crippen MR) is 161 cm³/mol. The Morgan fingerprint density at radius 1 is 0.929 bits per heavy atom. The third-order valence-corrected chi connectivity index (χ3v) is 6.68. The summed E-state index contributed by atoms with van der Waals surface area (Å²) in [6.45, 7) is 1.74.